The van der Waals surface area contributed by atoms with Gasteiger partial charge in [-0.05, 0) is 11.6 Å². The fourth-order valence-corrected chi connectivity index (χ4v) is 4.94. The highest BCUT2D eigenvalue weighted by Gasteiger charge is 2.31. The molecule has 0 unspecified atom stereocenters. The zero-order valence-electron chi connectivity index (χ0n) is 15.7. The number of hydrogen-bond donors (Lipinski definition) is 0. The van der Waals surface area contributed by atoms with Gasteiger partial charge in [0.25, 0.3) is 0 Å². The summed E-state index contributed by atoms with van der Waals surface area (Å²) in [7, 11) is -1.52. The number of pyridine rings is 1. The molecule has 8 heteroatoms. The molecule has 0 aliphatic carbocycles. The van der Waals surface area contributed by atoms with Crippen molar-refractivity contribution in [3.63, 3.8) is 0 Å². The molecule has 0 atom stereocenters. The summed E-state index contributed by atoms with van der Waals surface area (Å²) in [5, 5.41) is 4.55. The molecule has 28 heavy (non-hydrogen) atoms. The molecule has 0 spiro atoms. The lowest BCUT2D eigenvalue weighted by Crippen LogP contribution is -2.37. The number of nitrogens with zero attached hydrogens (tertiary/aromatic N) is 4. The molecule has 0 amide bonds. The Labute approximate surface area is 164 Å². The Morgan fingerprint density at radius 3 is 2.64 bits per heavy atom. The van der Waals surface area contributed by atoms with Crippen molar-refractivity contribution in [1.82, 2.24) is 19.1 Å². The first-order valence-corrected chi connectivity index (χ1v) is 10.7. The minimum atomic E-state index is -3.41. The van der Waals surface area contributed by atoms with Crippen LogP contribution in [0.25, 0.3) is 0 Å². The van der Waals surface area contributed by atoms with Gasteiger partial charge in [0.2, 0.25) is 15.9 Å². The number of benzene rings is 1. The molecule has 0 saturated heterocycles. The average molecular weight is 398 g/mol. The Bertz CT molecular complexity index is 1050. The molecular formula is C20H22N4O3S. The molecule has 3 aromatic rings. The molecule has 0 radical (unpaired) electrons. The summed E-state index contributed by atoms with van der Waals surface area (Å²) in [4.78, 5) is 4.15. The van der Waals surface area contributed by atoms with Gasteiger partial charge in [-0.25, -0.2) is 13.4 Å². The monoisotopic (exact) mass is 398 g/mol. The van der Waals surface area contributed by atoms with E-state index in [1.807, 2.05) is 54.2 Å². The number of rotatable bonds is 6. The minimum absolute atomic E-state index is 0.00318. The van der Waals surface area contributed by atoms with Crippen LogP contribution >= 0.6 is 0 Å². The van der Waals surface area contributed by atoms with Crippen molar-refractivity contribution in [3.8, 4) is 5.88 Å². The second-order valence-electron chi connectivity index (χ2n) is 6.78. The Morgan fingerprint density at radius 2 is 1.89 bits per heavy atom. The second-order valence-corrected chi connectivity index (χ2v) is 8.75. The number of sulfonamides is 1. The van der Waals surface area contributed by atoms with E-state index in [4.69, 9.17) is 4.74 Å². The Balaban J connectivity index is 1.52. The van der Waals surface area contributed by atoms with Gasteiger partial charge in [0.15, 0.2) is 0 Å². The van der Waals surface area contributed by atoms with E-state index >= 15 is 0 Å². The van der Waals surface area contributed by atoms with E-state index in [1.54, 1.807) is 16.6 Å². The summed E-state index contributed by atoms with van der Waals surface area (Å²) >= 11 is 0. The standard InChI is InChI=1S/C20H22N4O3S/c1-23-19-10-12-24(28(25,26)15-16-7-3-2-4-8-16)13-17(19)18(22-23)14-27-20-9-5-6-11-21-20/h2-9,11H,10,12-15H2,1H3. The van der Waals surface area contributed by atoms with E-state index in [0.29, 0.717) is 25.4 Å². The van der Waals surface area contributed by atoms with E-state index in [9.17, 15) is 8.42 Å². The van der Waals surface area contributed by atoms with Crippen LogP contribution in [0.15, 0.2) is 54.7 Å². The molecule has 0 bridgehead atoms. The molecule has 0 N–H and O–H groups in total. The molecule has 0 fully saturated rings. The first-order valence-electron chi connectivity index (χ1n) is 9.12. The molecule has 4 rings (SSSR count). The van der Waals surface area contributed by atoms with Gasteiger partial charge < -0.3 is 4.74 Å². The fraction of sp³-hybridized carbons (Fsp3) is 0.300. The van der Waals surface area contributed by atoms with Crippen LogP contribution in [0.2, 0.25) is 0 Å². The quantitative estimate of drug-likeness (QED) is 0.637. The normalized spacial score (nSPS) is 14.6. The van der Waals surface area contributed by atoms with Crippen LogP contribution in [0.3, 0.4) is 0 Å². The molecule has 2 aromatic heterocycles. The van der Waals surface area contributed by atoms with Crippen molar-refractivity contribution >= 4 is 10.0 Å². The van der Waals surface area contributed by atoms with Gasteiger partial charge in [-0.15, -0.1) is 0 Å². The van der Waals surface area contributed by atoms with Gasteiger partial charge in [-0.2, -0.15) is 9.40 Å². The molecule has 146 valence electrons. The lowest BCUT2D eigenvalue weighted by atomic mass is 10.1. The van der Waals surface area contributed by atoms with E-state index < -0.39 is 10.0 Å². The summed E-state index contributed by atoms with van der Waals surface area (Å²) in [6.45, 7) is 1.04. The highest BCUT2D eigenvalue weighted by Crippen LogP contribution is 2.26. The molecule has 1 aliphatic heterocycles. The van der Waals surface area contributed by atoms with E-state index in [0.717, 1.165) is 22.5 Å². The lowest BCUT2D eigenvalue weighted by Gasteiger charge is -2.27. The summed E-state index contributed by atoms with van der Waals surface area (Å²) in [6, 6.07) is 14.7. The fourth-order valence-electron chi connectivity index (χ4n) is 3.45. The van der Waals surface area contributed by atoms with E-state index in [1.165, 1.54) is 0 Å². The number of hydrogen-bond acceptors (Lipinski definition) is 5. The Hall–Kier alpha value is -2.71. The summed E-state index contributed by atoms with van der Waals surface area (Å²) < 4.78 is 34.9. The summed E-state index contributed by atoms with van der Waals surface area (Å²) in [6.07, 6.45) is 2.30. The van der Waals surface area contributed by atoms with Crippen molar-refractivity contribution in [2.24, 2.45) is 7.05 Å². The van der Waals surface area contributed by atoms with E-state index in [-0.39, 0.29) is 12.4 Å². The van der Waals surface area contributed by atoms with Gasteiger partial charge in [0.05, 0.1) is 5.75 Å². The molecule has 7 nitrogen and oxygen atoms in total. The van der Waals surface area contributed by atoms with Crippen LogP contribution in [0, 0.1) is 0 Å². The Morgan fingerprint density at radius 1 is 1.11 bits per heavy atom. The van der Waals surface area contributed by atoms with Gasteiger partial charge in [-0.3, -0.25) is 4.68 Å². The predicted octanol–water partition coefficient (Wildman–Crippen LogP) is 2.28. The highest BCUT2D eigenvalue weighted by molar-refractivity contribution is 7.88. The second kappa shape index (κ2) is 7.73. The predicted molar refractivity (Wildman–Crippen MR) is 105 cm³/mol. The third-order valence-electron chi connectivity index (χ3n) is 4.87. The molecule has 3 heterocycles. The summed E-state index contributed by atoms with van der Waals surface area (Å²) in [5.74, 6) is 0.523. The van der Waals surface area contributed by atoms with Gasteiger partial charge in [-0.1, -0.05) is 36.4 Å². The SMILES string of the molecule is Cn1nc(COc2ccccn2)c2c1CCN(S(=O)(=O)Cc1ccccc1)C2. The first-order chi connectivity index (χ1) is 13.5. The zero-order valence-corrected chi connectivity index (χ0v) is 16.5. The van der Waals surface area contributed by atoms with E-state index in [2.05, 4.69) is 10.1 Å². The highest BCUT2D eigenvalue weighted by atomic mass is 32.2. The van der Waals surface area contributed by atoms with Gasteiger partial charge in [0.1, 0.15) is 12.3 Å². The minimum Gasteiger partial charge on any atom is -0.471 e. The number of ether oxygens (including phenoxy) is 1. The molecule has 0 saturated carbocycles. The maximum Gasteiger partial charge on any atom is 0.218 e. The smallest absolute Gasteiger partial charge is 0.218 e. The number of fused-ring (bicyclic) bond motifs is 1. The molecule has 1 aliphatic rings. The molecule has 1 aromatic carbocycles. The number of aryl methyl sites for hydroxylation is 1. The average Bonchev–Trinajstić information content (AvgIpc) is 3.03. The van der Waals surface area contributed by atoms with Crippen LogP contribution in [-0.2, 0) is 42.4 Å². The van der Waals surface area contributed by atoms with Crippen molar-refractivity contribution in [3.05, 3.63) is 77.2 Å². The van der Waals surface area contributed by atoms with Crippen molar-refractivity contribution in [2.75, 3.05) is 6.54 Å². The third kappa shape index (κ3) is 3.93. The van der Waals surface area contributed by atoms with Crippen LogP contribution in [0.5, 0.6) is 5.88 Å². The van der Waals surface area contributed by atoms with Crippen LogP contribution in [0.4, 0.5) is 0 Å². The molecular weight excluding hydrogens is 376 g/mol. The summed E-state index contributed by atoms with van der Waals surface area (Å²) in [5.41, 5.74) is 3.54. The van der Waals surface area contributed by atoms with Gasteiger partial charge >= 0.3 is 0 Å². The third-order valence-corrected chi connectivity index (χ3v) is 6.67. The van der Waals surface area contributed by atoms with Crippen molar-refractivity contribution in [1.29, 1.82) is 0 Å². The van der Waals surface area contributed by atoms with Crippen LogP contribution < -0.4 is 4.74 Å². The topological polar surface area (TPSA) is 77.3 Å². The maximum absolute atomic E-state index is 12.9. The van der Waals surface area contributed by atoms with Gasteiger partial charge in [0, 0.05) is 50.1 Å². The Kier molecular flexibility index (Phi) is 5.15. The van der Waals surface area contributed by atoms with Crippen LogP contribution in [0.1, 0.15) is 22.5 Å². The van der Waals surface area contributed by atoms with Crippen LogP contribution in [-0.4, -0.2) is 34.0 Å². The maximum atomic E-state index is 12.9. The lowest BCUT2D eigenvalue weighted by molar-refractivity contribution is 0.285. The largest absolute Gasteiger partial charge is 0.471 e. The zero-order chi connectivity index (χ0) is 19.6. The number of aromatic nitrogens is 3. The first kappa shape index (κ1) is 18.6. The van der Waals surface area contributed by atoms with Crippen molar-refractivity contribution in [2.45, 2.75) is 25.3 Å². The van der Waals surface area contributed by atoms with Crippen molar-refractivity contribution < 1.29 is 13.2 Å².